The number of unbranched alkanes of at least 4 members (excludes halogenated alkanes) is 5. The fourth-order valence-corrected chi connectivity index (χ4v) is 3.06. The third-order valence-electron chi connectivity index (χ3n) is 4.87. The number of nitrogens with two attached hydrogens (primary N) is 1. The molecule has 7 nitrogen and oxygen atoms in total. The molecule has 1 unspecified atom stereocenters. The molecule has 1 amide bonds. The molecule has 0 spiro atoms. The van der Waals surface area contributed by atoms with Crippen molar-refractivity contribution in [1.29, 1.82) is 0 Å². The lowest BCUT2D eigenvalue weighted by atomic mass is 9.98. The van der Waals surface area contributed by atoms with Crippen molar-refractivity contribution in [2.75, 3.05) is 12.3 Å². The third-order valence-corrected chi connectivity index (χ3v) is 5.27. The molecule has 0 fully saturated rings. The summed E-state index contributed by atoms with van der Waals surface area (Å²) in [5.74, 6) is -1.66. The molecule has 0 aliphatic carbocycles. The van der Waals surface area contributed by atoms with E-state index in [1.807, 2.05) is 0 Å². The Balaban J connectivity index is 5.00. The second kappa shape index (κ2) is 21.8. The largest absolute Gasteiger partial charge is 0.478 e. The lowest BCUT2D eigenvalue weighted by molar-refractivity contribution is -0.131. The minimum absolute atomic E-state index is 0.168. The van der Waals surface area contributed by atoms with Crippen LogP contribution in [0.2, 0.25) is 0 Å². The van der Waals surface area contributed by atoms with Crippen LogP contribution < -0.4 is 11.1 Å². The van der Waals surface area contributed by atoms with Gasteiger partial charge in [-0.15, -0.1) is 0 Å². The maximum absolute atomic E-state index is 12.7. The van der Waals surface area contributed by atoms with Gasteiger partial charge < -0.3 is 21.3 Å². The van der Waals surface area contributed by atoms with Gasteiger partial charge in [-0.05, 0) is 6.42 Å². The van der Waals surface area contributed by atoms with Gasteiger partial charge in [0.15, 0.2) is 5.78 Å². The third kappa shape index (κ3) is 18.3. The molecule has 2 atom stereocenters. The standard InChI is InChI=1S/C27H40N2O5S/c1-2-3-4-5-12-15-18-24(30)22(25(31)20-29-27(34)23(28)21-35)17-14-11-9-7-6-8-10-13-16-19-26(32)33/h6-11,13-14,16-17,19,23-24,30,35H,2-5,12,15,18,20-21,28H2,1H3,(H,29,34)(H,32,33)/t23-,24?/m0/s1. The number of aliphatic carboxylic acids is 1. The number of carbonyl (C=O) groups is 3. The van der Waals surface area contributed by atoms with Gasteiger partial charge in [-0.2, -0.15) is 12.6 Å². The number of amides is 1. The maximum Gasteiger partial charge on any atom is 0.328 e. The van der Waals surface area contributed by atoms with Gasteiger partial charge in [-0.3, -0.25) is 9.59 Å². The monoisotopic (exact) mass is 504 g/mol. The van der Waals surface area contributed by atoms with Crippen LogP contribution >= 0.6 is 12.6 Å². The molecule has 5 N–H and O–H groups in total. The maximum atomic E-state index is 12.7. The van der Waals surface area contributed by atoms with Crippen LogP contribution in [0.15, 0.2) is 72.4 Å². The Bertz CT molecular complexity index is 812. The predicted molar refractivity (Wildman–Crippen MR) is 145 cm³/mol. The van der Waals surface area contributed by atoms with Gasteiger partial charge in [0, 0.05) is 17.4 Å². The van der Waals surface area contributed by atoms with Gasteiger partial charge in [-0.1, -0.05) is 106 Å². The highest BCUT2D eigenvalue weighted by atomic mass is 32.1. The van der Waals surface area contributed by atoms with Crippen molar-refractivity contribution in [1.82, 2.24) is 5.32 Å². The first-order chi connectivity index (χ1) is 16.8. The van der Waals surface area contributed by atoms with Crippen LogP contribution in [-0.2, 0) is 14.4 Å². The summed E-state index contributed by atoms with van der Waals surface area (Å²) in [6.07, 6.45) is 23.7. The number of carboxylic acid groups (broad SMARTS) is 1. The number of nitrogens with one attached hydrogen (secondary N) is 1. The molecule has 35 heavy (non-hydrogen) atoms. The highest BCUT2D eigenvalue weighted by Crippen LogP contribution is 2.14. The van der Waals surface area contributed by atoms with Gasteiger partial charge in [0.2, 0.25) is 5.91 Å². The summed E-state index contributed by atoms with van der Waals surface area (Å²) in [4.78, 5) is 34.9. The van der Waals surface area contributed by atoms with Crippen LogP contribution in [-0.4, -0.2) is 52.3 Å². The van der Waals surface area contributed by atoms with Gasteiger partial charge in [0.05, 0.1) is 18.7 Å². The predicted octanol–water partition coefficient (Wildman–Crippen LogP) is 3.83. The number of aliphatic hydroxyl groups is 1. The fraction of sp³-hybridized carbons (Fsp3) is 0.444. The molecule has 0 aliphatic rings. The Morgan fingerprint density at radius 2 is 1.43 bits per heavy atom. The Morgan fingerprint density at radius 3 is 2.00 bits per heavy atom. The SMILES string of the molecule is CCCCCCCCC(O)C(=CC=CC=CC=CC=CC=CC(=O)O)C(=O)CNC(=O)[C@@H](N)CS. The molecule has 0 aliphatic heterocycles. The van der Waals surface area contributed by atoms with E-state index < -0.39 is 24.0 Å². The van der Waals surface area contributed by atoms with Crippen LogP contribution in [0, 0.1) is 0 Å². The number of Topliss-reactive ketones (excluding diaryl/α,β-unsaturated/α-hetero) is 1. The zero-order valence-electron chi connectivity index (χ0n) is 20.5. The molecule has 0 heterocycles. The van der Waals surface area contributed by atoms with E-state index in [0.717, 1.165) is 25.3 Å². The van der Waals surface area contributed by atoms with Crippen molar-refractivity contribution >= 4 is 30.3 Å². The summed E-state index contributed by atoms with van der Waals surface area (Å²) in [6, 6.07) is -0.798. The summed E-state index contributed by atoms with van der Waals surface area (Å²) in [6.45, 7) is 1.92. The van der Waals surface area contributed by atoms with E-state index in [2.05, 4.69) is 24.9 Å². The Hall–Kier alpha value is -2.68. The summed E-state index contributed by atoms with van der Waals surface area (Å²) in [5, 5.41) is 21.6. The lowest BCUT2D eigenvalue weighted by Gasteiger charge is -2.15. The second-order valence-corrected chi connectivity index (χ2v) is 8.23. The van der Waals surface area contributed by atoms with E-state index in [1.165, 1.54) is 25.3 Å². The summed E-state index contributed by atoms with van der Waals surface area (Å²) < 4.78 is 0. The fourth-order valence-electron chi connectivity index (χ4n) is 2.89. The van der Waals surface area contributed by atoms with Crippen molar-refractivity contribution in [2.45, 2.75) is 64.0 Å². The Labute approximate surface area is 214 Å². The first-order valence-electron chi connectivity index (χ1n) is 12.0. The van der Waals surface area contributed by atoms with E-state index in [1.54, 1.807) is 54.7 Å². The Kier molecular flexibility index (Phi) is 20.2. The van der Waals surface area contributed by atoms with E-state index in [-0.39, 0.29) is 23.7 Å². The molecule has 8 heteroatoms. The molecule has 0 radical (unpaired) electrons. The van der Waals surface area contributed by atoms with Crippen molar-refractivity contribution in [3.63, 3.8) is 0 Å². The summed E-state index contributed by atoms with van der Waals surface area (Å²) >= 11 is 3.98. The van der Waals surface area contributed by atoms with Gasteiger partial charge in [0.1, 0.15) is 0 Å². The molecule has 194 valence electrons. The van der Waals surface area contributed by atoms with Crippen molar-refractivity contribution < 1.29 is 24.6 Å². The number of carboxylic acids is 1. The number of hydrogen-bond acceptors (Lipinski definition) is 6. The molecular weight excluding hydrogens is 464 g/mol. The first kappa shape index (κ1) is 32.3. The minimum atomic E-state index is -1.00. The lowest BCUT2D eigenvalue weighted by Crippen LogP contribution is -2.44. The zero-order chi connectivity index (χ0) is 26.3. The van der Waals surface area contributed by atoms with Crippen LogP contribution in [0.1, 0.15) is 51.9 Å². The molecule has 0 aromatic carbocycles. The molecule has 0 saturated carbocycles. The number of rotatable bonds is 19. The zero-order valence-corrected chi connectivity index (χ0v) is 21.4. The molecular formula is C27H40N2O5S. The van der Waals surface area contributed by atoms with Gasteiger partial charge in [-0.25, -0.2) is 4.79 Å². The minimum Gasteiger partial charge on any atom is -0.478 e. The van der Waals surface area contributed by atoms with Crippen LogP contribution in [0.4, 0.5) is 0 Å². The smallest absolute Gasteiger partial charge is 0.328 e. The molecule has 0 bridgehead atoms. The highest BCUT2D eigenvalue weighted by molar-refractivity contribution is 7.80. The van der Waals surface area contributed by atoms with Crippen molar-refractivity contribution in [2.24, 2.45) is 5.73 Å². The number of aliphatic hydroxyl groups excluding tert-OH is 1. The van der Waals surface area contributed by atoms with E-state index in [0.29, 0.717) is 6.42 Å². The average molecular weight is 505 g/mol. The van der Waals surface area contributed by atoms with Crippen LogP contribution in [0.3, 0.4) is 0 Å². The van der Waals surface area contributed by atoms with E-state index in [4.69, 9.17) is 10.8 Å². The van der Waals surface area contributed by atoms with E-state index >= 15 is 0 Å². The topological polar surface area (TPSA) is 130 Å². The number of hydrogen-bond donors (Lipinski definition) is 5. The number of carbonyl (C=O) groups excluding carboxylic acids is 2. The highest BCUT2D eigenvalue weighted by Gasteiger charge is 2.19. The summed E-state index contributed by atoms with van der Waals surface area (Å²) in [5.41, 5.74) is 5.86. The average Bonchev–Trinajstić information content (AvgIpc) is 2.84. The first-order valence-corrected chi connectivity index (χ1v) is 12.6. The number of ketones is 1. The van der Waals surface area contributed by atoms with Gasteiger partial charge in [0.25, 0.3) is 0 Å². The second-order valence-electron chi connectivity index (χ2n) is 7.86. The number of allylic oxidation sites excluding steroid dienone is 10. The normalized spacial score (nSPS) is 14.6. The molecule has 0 rings (SSSR count). The quantitative estimate of drug-likeness (QED) is 0.0787. The Morgan fingerprint density at radius 1 is 0.886 bits per heavy atom. The van der Waals surface area contributed by atoms with Crippen LogP contribution in [0.5, 0.6) is 0 Å². The summed E-state index contributed by atoms with van der Waals surface area (Å²) in [7, 11) is 0. The van der Waals surface area contributed by atoms with Crippen molar-refractivity contribution in [3.8, 4) is 0 Å². The molecule has 0 saturated heterocycles. The van der Waals surface area contributed by atoms with Crippen LogP contribution in [0.25, 0.3) is 0 Å². The molecule has 0 aromatic heterocycles. The van der Waals surface area contributed by atoms with Crippen molar-refractivity contribution in [3.05, 3.63) is 72.4 Å². The van der Waals surface area contributed by atoms with Gasteiger partial charge >= 0.3 is 5.97 Å². The number of thiol groups is 1. The van der Waals surface area contributed by atoms with E-state index in [9.17, 15) is 19.5 Å². The molecule has 0 aromatic rings.